The van der Waals surface area contributed by atoms with Gasteiger partial charge in [-0.15, -0.1) is 0 Å². The Labute approximate surface area is 107 Å². The van der Waals surface area contributed by atoms with Crippen LogP contribution in [0.2, 0.25) is 0 Å². The Bertz CT molecular complexity index is 300. The molecule has 0 aliphatic heterocycles. The highest BCUT2D eigenvalue weighted by Crippen LogP contribution is 2.06. The van der Waals surface area contributed by atoms with Gasteiger partial charge in [-0.25, -0.2) is 0 Å². The zero-order valence-electron chi connectivity index (χ0n) is 11.4. The lowest BCUT2D eigenvalue weighted by Crippen LogP contribution is -2.38. The monoisotopic (exact) mass is 258 g/mol. The molecule has 0 aromatic rings. The van der Waals surface area contributed by atoms with Crippen molar-refractivity contribution in [2.24, 2.45) is 5.92 Å². The number of likely N-dealkylation sites (N-methyl/N-ethyl adjacent to an activating group) is 1. The Balaban J connectivity index is 4.15. The summed E-state index contributed by atoms with van der Waals surface area (Å²) in [6, 6.07) is -0.221. The van der Waals surface area contributed by atoms with Gasteiger partial charge in [0.2, 0.25) is 5.91 Å². The van der Waals surface area contributed by atoms with Crippen molar-refractivity contribution in [1.29, 1.82) is 0 Å². The van der Waals surface area contributed by atoms with Gasteiger partial charge < -0.3 is 15.4 Å². The lowest BCUT2D eigenvalue weighted by Gasteiger charge is -2.15. The van der Waals surface area contributed by atoms with E-state index < -0.39 is 11.9 Å². The SMILES string of the molecule is CC[C@@H](NC)C(=O)C[C@H](C)C(=O)NCC(=O)OC. The number of rotatable bonds is 8. The summed E-state index contributed by atoms with van der Waals surface area (Å²) in [5, 5.41) is 5.33. The summed E-state index contributed by atoms with van der Waals surface area (Å²) >= 11 is 0. The predicted molar refractivity (Wildman–Crippen MR) is 67.0 cm³/mol. The minimum atomic E-state index is -0.511. The molecule has 0 fully saturated rings. The molecule has 0 unspecified atom stereocenters. The summed E-state index contributed by atoms with van der Waals surface area (Å²) in [4.78, 5) is 34.2. The first-order valence-corrected chi connectivity index (χ1v) is 6.00. The number of Topliss-reactive ketones (excluding diaryl/α,β-unsaturated/α-hetero) is 1. The molecular weight excluding hydrogens is 236 g/mol. The highest BCUT2D eigenvalue weighted by Gasteiger charge is 2.21. The number of nitrogens with one attached hydrogen (secondary N) is 2. The van der Waals surface area contributed by atoms with Crippen molar-refractivity contribution in [3.8, 4) is 0 Å². The Kier molecular flexibility index (Phi) is 7.94. The van der Waals surface area contributed by atoms with Gasteiger partial charge in [-0.05, 0) is 13.5 Å². The van der Waals surface area contributed by atoms with Crippen LogP contribution in [0.4, 0.5) is 0 Å². The van der Waals surface area contributed by atoms with E-state index in [1.165, 1.54) is 7.11 Å². The van der Waals surface area contributed by atoms with Crippen LogP contribution in [0.25, 0.3) is 0 Å². The number of amides is 1. The van der Waals surface area contributed by atoms with Gasteiger partial charge in [-0.1, -0.05) is 13.8 Å². The Morgan fingerprint density at radius 3 is 2.33 bits per heavy atom. The second-order valence-electron chi connectivity index (χ2n) is 4.11. The Hall–Kier alpha value is -1.43. The van der Waals surface area contributed by atoms with E-state index in [1.807, 2.05) is 6.92 Å². The van der Waals surface area contributed by atoms with E-state index in [-0.39, 0.29) is 30.7 Å². The number of hydrogen-bond acceptors (Lipinski definition) is 5. The molecule has 0 aliphatic carbocycles. The minimum Gasteiger partial charge on any atom is -0.468 e. The summed E-state index contributed by atoms with van der Waals surface area (Å²) < 4.78 is 4.40. The van der Waals surface area contributed by atoms with Gasteiger partial charge in [-0.2, -0.15) is 0 Å². The number of carbonyl (C=O) groups excluding carboxylic acids is 3. The lowest BCUT2D eigenvalue weighted by molar-refractivity contribution is -0.141. The smallest absolute Gasteiger partial charge is 0.325 e. The molecule has 1 amide bonds. The molecule has 0 bridgehead atoms. The van der Waals surface area contributed by atoms with E-state index in [1.54, 1.807) is 14.0 Å². The summed E-state index contributed by atoms with van der Waals surface area (Å²) in [5.41, 5.74) is 0. The fourth-order valence-corrected chi connectivity index (χ4v) is 1.54. The maximum absolute atomic E-state index is 11.8. The summed E-state index contributed by atoms with van der Waals surface area (Å²) in [7, 11) is 2.97. The van der Waals surface area contributed by atoms with Crippen LogP contribution < -0.4 is 10.6 Å². The van der Waals surface area contributed by atoms with Crippen molar-refractivity contribution in [2.75, 3.05) is 20.7 Å². The fourth-order valence-electron chi connectivity index (χ4n) is 1.54. The van der Waals surface area contributed by atoms with Gasteiger partial charge in [0.1, 0.15) is 6.54 Å². The zero-order valence-corrected chi connectivity index (χ0v) is 11.4. The number of carbonyl (C=O) groups is 3. The molecule has 0 radical (unpaired) electrons. The van der Waals surface area contributed by atoms with Gasteiger partial charge in [0.15, 0.2) is 5.78 Å². The molecule has 0 aromatic heterocycles. The van der Waals surface area contributed by atoms with Gasteiger partial charge in [0.05, 0.1) is 13.2 Å². The summed E-state index contributed by atoms with van der Waals surface area (Å²) in [6.07, 6.45) is 0.845. The minimum absolute atomic E-state index is 0.000665. The molecule has 0 spiro atoms. The third-order valence-electron chi connectivity index (χ3n) is 2.73. The second-order valence-corrected chi connectivity index (χ2v) is 4.11. The van der Waals surface area contributed by atoms with Crippen molar-refractivity contribution >= 4 is 17.7 Å². The fraction of sp³-hybridized carbons (Fsp3) is 0.750. The van der Waals surface area contributed by atoms with Crippen LogP contribution in [0, 0.1) is 5.92 Å². The molecule has 104 valence electrons. The van der Waals surface area contributed by atoms with Crippen LogP contribution in [0.5, 0.6) is 0 Å². The molecule has 6 nitrogen and oxygen atoms in total. The van der Waals surface area contributed by atoms with Gasteiger partial charge in [0, 0.05) is 12.3 Å². The van der Waals surface area contributed by atoms with E-state index in [2.05, 4.69) is 15.4 Å². The second kappa shape index (κ2) is 8.63. The molecule has 6 heteroatoms. The molecule has 0 heterocycles. The predicted octanol–water partition coefficient (Wildman–Crippen LogP) is -0.131. The molecule has 2 N–H and O–H groups in total. The Morgan fingerprint density at radius 2 is 1.89 bits per heavy atom. The molecular formula is C12H22N2O4. The van der Waals surface area contributed by atoms with Gasteiger partial charge >= 0.3 is 5.97 Å². The van der Waals surface area contributed by atoms with Crippen molar-refractivity contribution < 1.29 is 19.1 Å². The molecule has 0 rings (SSSR count). The molecule has 0 aliphatic rings. The van der Waals surface area contributed by atoms with E-state index in [0.717, 1.165) is 0 Å². The van der Waals surface area contributed by atoms with Gasteiger partial charge in [0.25, 0.3) is 0 Å². The molecule has 2 atom stereocenters. The first-order valence-electron chi connectivity index (χ1n) is 6.00. The topological polar surface area (TPSA) is 84.5 Å². The maximum Gasteiger partial charge on any atom is 0.325 e. The van der Waals surface area contributed by atoms with E-state index in [0.29, 0.717) is 6.42 Å². The van der Waals surface area contributed by atoms with E-state index >= 15 is 0 Å². The summed E-state index contributed by atoms with van der Waals surface area (Å²) in [6.45, 7) is 3.39. The first kappa shape index (κ1) is 16.6. The highest BCUT2D eigenvalue weighted by atomic mass is 16.5. The van der Waals surface area contributed by atoms with E-state index in [9.17, 15) is 14.4 Å². The number of ether oxygens (including phenoxy) is 1. The average Bonchev–Trinajstić information content (AvgIpc) is 2.36. The normalized spacial score (nSPS) is 13.6. The molecule has 0 aromatic carbocycles. The molecule has 18 heavy (non-hydrogen) atoms. The van der Waals surface area contributed by atoms with Crippen molar-refractivity contribution in [3.05, 3.63) is 0 Å². The third kappa shape index (κ3) is 5.77. The lowest BCUT2D eigenvalue weighted by atomic mass is 9.98. The van der Waals surface area contributed by atoms with Crippen LogP contribution in [0.1, 0.15) is 26.7 Å². The highest BCUT2D eigenvalue weighted by molar-refractivity contribution is 5.90. The largest absolute Gasteiger partial charge is 0.468 e. The number of esters is 1. The van der Waals surface area contributed by atoms with Crippen LogP contribution in [0.15, 0.2) is 0 Å². The Morgan fingerprint density at radius 1 is 1.28 bits per heavy atom. The van der Waals surface area contributed by atoms with Crippen molar-refractivity contribution in [3.63, 3.8) is 0 Å². The molecule has 0 saturated heterocycles. The van der Waals surface area contributed by atoms with E-state index in [4.69, 9.17) is 0 Å². The standard InChI is InChI=1S/C12H22N2O4/c1-5-9(13-3)10(15)6-8(2)12(17)14-7-11(16)18-4/h8-9,13H,5-7H2,1-4H3,(H,14,17)/t8-,9+/m0/s1. The van der Waals surface area contributed by atoms with Crippen molar-refractivity contribution in [1.82, 2.24) is 10.6 Å². The average molecular weight is 258 g/mol. The first-order chi connectivity index (χ1) is 8.46. The quantitative estimate of drug-likeness (QED) is 0.592. The van der Waals surface area contributed by atoms with Crippen LogP contribution in [-0.4, -0.2) is 44.4 Å². The van der Waals surface area contributed by atoms with Gasteiger partial charge in [-0.3, -0.25) is 14.4 Å². The third-order valence-corrected chi connectivity index (χ3v) is 2.73. The number of hydrogen-bond donors (Lipinski definition) is 2. The van der Waals surface area contributed by atoms with Crippen LogP contribution in [-0.2, 0) is 19.1 Å². The zero-order chi connectivity index (χ0) is 14.1. The number of methoxy groups -OCH3 is 1. The van der Waals surface area contributed by atoms with Crippen LogP contribution >= 0.6 is 0 Å². The molecule has 0 saturated carbocycles. The number of ketones is 1. The maximum atomic E-state index is 11.8. The van der Waals surface area contributed by atoms with Crippen LogP contribution in [0.3, 0.4) is 0 Å². The van der Waals surface area contributed by atoms with Crippen molar-refractivity contribution in [2.45, 2.75) is 32.7 Å². The summed E-state index contributed by atoms with van der Waals surface area (Å²) in [5.74, 6) is -1.28.